The van der Waals surface area contributed by atoms with Crippen LogP contribution in [-0.4, -0.2) is 47.8 Å². The van der Waals surface area contributed by atoms with Crippen LogP contribution in [0.5, 0.6) is 0 Å². The van der Waals surface area contributed by atoms with E-state index in [0.717, 1.165) is 38.4 Å². The van der Waals surface area contributed by atoms with E-state index in [1.54, 1.807) is 6.92 Å². The van der Waals surface area contributed by atoms with Crippen LogP contribution in [0.3, 0.4) is 0 Å². The number of piperazine rings is 1. The minimum absolute atomic E-state index is 0.0719. The molecule has 2 aromatic carbocycles. The van der Waals surface area contributed by atoms with Crippen molar-refractivity contribution in [3.63, 3.8) is 0 Å². The first-order valence-corrected chi connectivity index (χ1v) is 10.6. The van der Waals surface area contributed by atoms with Crippen molar-refractivity contribution in [3.05, 3.63) is 65.2 Å². The largest absolute Gasteiger partial charge is 0.340 e. The van der Waals surface area contributed by atoms with Crippen molar-refractivity contribution in [2.24, 2.45) is 0 Å². The number of nitrogens with one attached hydrogen (secondary N) is 1. The zero-order chi connectivity index (χ0) is 20.2. The second kappa shape index (κ2) is 8.78. The molecule has 2 fully saturated rings. The number of amides is 2. The molecule has 0 bridgehead atoms. The third kappa shape index (κ3) is 4.85. The van der Waals surface area contributed by atoms with Gasteiger partial charge < -0.3 is 10.2 Å². The van der Waals surface area contributed by atoms with Crippen LogP contribution in [0, 0.1) is 0 Å². The van der Waals surface area contributed by atoms with Gasteiger partial charge in [-0.3, -0.25) is 14.5 Å². The molecule has 152 valence electrons. The molecule has 0 unspecified atom stereocenters. The lowest BCUT2D eigenvalue weighted by Gasteiger charge is -2.34. The Balaban J connectivity index is 1.33. The molecule has 0 atom stereocenters. The maximum Gasteiger partial charge on any atom is 0.255 e. The summed E-state index contributed by atoms with van der Waals surface area (Å²) in [7, 11) is 0. The summed E-state index contributed by atoms with van der Waals surface area (Å²) in [6.45, 7) is 5.77. The molecule has 2 amide bonds. The minimum Gasteiger partial charge on any atom is -0.340 e. The molecule has 0 aromatic heterocycles. The predicted octanol–water partition coefficient (Wildman–Crippen LogP) is 3.87. The minimum atomic E-state index is -0.0719. The Morgan fingerprint density at radius 1 is 1.00 bits per heavy atom. The number of carbonyl (C=O) groups is 2. The van der Waals surface area contributed by atoms with E-state index in [1.807, 2.05) is 35.2 Å². The van der Waals surface area contributed by atoms with E-state index in [4.69, 9.17) is 0 Å². The first kappa shape index (κ1) is 19.6. The van der Waals surface area contributed by atoms with Crippen LogP contribution < -0.4 is 5.32 Å². The number of carbonyl (C=O) groups excluding carboxylic acids is 2. The average Bonchev–Trinajstić information content (AvgIpc) is 2.68. The highest BCUT2D eigenvalue weighted by molar-refractivity contribution is 6.04. The van der Waals surface area contributed by atoms with E-state index in [2.05, 4.69) is 28.4 Å². The summed E-state index contributed by atoms with van der Waals surface area (Å²) in [5.74, 6) is 0.758. The lowest BCUT2D eigenvalue weighted by atomic mass is 9.80. The van der Waals surface area contributed by atoms with E-state index in [-0.39, 0.29) is 11.8 Å². The topological polar surface area (TPSA) is 52.7 Å². The van der Waals surface area contributed by atoms with Gasteiger partial charge in [0, 0.05) is 50.9 Å². The number of nitrogens with zero attached hydrogens (tertiary/aromatic N) is 2. The Labute approximate surface area is 172 Å². The molecule has 5 heteroatoms. The van der Waals surface area contributed by atoms with Gasteiger partial charge in [0.15, 0.2) is 0 Å². The quantitative estimate of drug-likeness (QED) is 0.842. The van der Waals surface area contributed by atoms with E-state index < -0.39 is 0 Å². The van der Waals surface area contributed by atoms with E-state index in [0.29, 0.717) is 11.5 Å². The van der Waals surface area contributed by atoms with Crippen molar-refractivity contribution in [2.75, 3.05) is 31.5 Å². The maximum absolute atomic E-state index is 12.6. The van der Waals surface area contributed by atoms with Gasteiger partial charge in [-0.05, 0) is 54.2 Å². The van der Waals surface area contributed by atoms with Gasteiger partial charge >= 0.3 is 0 Å². The molecule has 1 aliphatic carbocycles. The second-order valence-corrected chi connectivity index (χ2v) is 8.19. The summed E-state index contributed by atoms with van der Waals surface area (Å²) >= 11 is 0. The van der Waals surface area contributed by atoms with Crippen LogP contribution in [0.1, 0.15) is 53.6 Å². The lowest BCUT2D eigenvalue weighted by Crippen LogP contribution is -2.47. The number of hydrogen-bond donors (Lipinski definition) is 1. The molecule has 2 aromatic rings. The SMILES string of the molecule is CC(=O)N1CCN(Cc2cccc(NC(=O)c3ccc(C4CCC4)cc3)c2)CC1. The third-order valence-corrected chi connectivity index (χ3v) is 6.16. The Morgan fingerprint density at radius 2 is 1.72 bits per heavy atom. The highest BCUT2D eigenvalue weighted by Crippen LogP contribution is 2.36. The molecule has 29 heavy (non-hydrogen) atoms. The molecule has 0 spiro atoms. The molecule has 1 aliphatic heterocycles. The average molecular weight is 392 g/mol. The molecule has 5 nitrogen and oxygen atoms in total. The zero-order valence-corrected chi connectivity index (χ0v) is 17.1. The van der Waals surface area contributed by atoms with Crippen LogP contribution in [0.25, 0.3) is 0 Å². The Morgan fingerprint density at radius 3 is 2.34 bits per heavy atom. The number of benzene rings is 2. The van der Waals surface area contributed by atoms with Gasteiger partial charge in [-0.15, -0.1) is 0 Å². The fourth-order valence-corrected chi connectivity index (χ4v) is 4.08. The monoisotopic (exact) mass is 391 g/mol. The molecule has 1 N–H and O–H groups in total. The molecule has 1 saturated heterocycles. The van der Waals surface area contributed by atoms with Crippen molar-refractivity contribution in [1.82, 2.24) is 9.80 Å². The Kier molecular flexibility index (Phi) is 5.95. The zero-order valence-electron chi connectivity index (χ0n) is 17.1. The number of rotatable bonds is 5. The van der Waals surface area contributed by atoms with E-state index in [1.165, 1.54) is 30.4 Å². The molecular formula is C24H29N3O2. The summed E-state index contributed by atoms with van der Waals surface area (Å²) < 4.78 is 0. The van der Waals surface area contributed by atoms with Crippen molar-refractivity contribution >= 4 is 17.5 Å². The van der Waals surface area contributed by atoms with Gasteiger partial charge in [-0.25, -0.2) is 0 Å². The van der Waals surface area contributed by atoms with Gasteiger partial charge in [0.1, 0.15) is 0 Å². The van der Waals surface area contributed by atoms with Gasteiger partial charge in [0.2, 0.25) is 5.91 Å². The van der Waals surface area contributed by atoms with Gasteiger partial charge in [-0.1, -0.05) is 30.7 Å². The molecule has 1 heterocycles. The van der Waals surface area contributed by atoms with E-state index in [9.17, 15) is 9.59 Å². The summed E-state index contributed by atoms with van der Waals surface area (Å²) in [6.07, 6.45) is 3.85. The van der Waals surface area contributed by atoms with E-state index >= 15 is 0 Å². The number of anilines is 1. The fourth-order valence-electron chi connectivity index (χ4n) is 4.08. The highest BCUT2D eigenvalue weighted by atomic mass is 16.2. The van der Waals surface area contributed by atoms with Gasteiger partial charge in [0.05, 0.1) is 0 Å². The summed E-state index contributed by atoms with van der Waals surface area (Å²) in [6, 6.07) is 16.1. The van der Waals surface area contributed by atoms with Crippen LogP contribution in [0.2, 0.25) is 0 Å². The van der Waals surface area contributed by atoms with Crippen molar-refractivity contribution in [2.45, 2.75) is 38.6 Å². The van der Waals surface area contributed by atoms with Crippen molar-refractivity contribution < 1.29 is 9.59 Å². The molecule has 2 aliphatic rings. The standard InChI is InChI=1S/C24H29N3O2/c1-18(28)27-14-12-26(13-15-27)17-19-4-2-7-23(16-19)25-24(29)22-10-8-21(9-11-22)20-5-3-6-20/h2,4,7-11,16,20H,3,5-6,12-15,17H2,1H3,(H,25,29). The first-order chi connectivity index (χ1) is 14.1. The lowest BCUT2D eigenvalue weighted by molar-refractivity contribution is -0.130. The fraction of sp³-hybridized carbons (Fsp3) is 0.417. The summed E-state index contributed by atoms with van der Waals surface area (Å²) in [5, 5.41) is 3.02. The summed E-state index contributed by atoms with van der Waals surface area (Å²) in [4.78, 5) is 28.3. The highest BCUT2D eigenvalue weighted by Gasteiger charge is 2.20. The van der Waals surface area contributed by atoms with Crippen molar-refractivity contribution in [1.29, 1.82) is 0 Å². The predicted molar refractivity (Wildman–Crippen MR) is 115 cm³/mol. The molecule has 0 radical (unpaired) electrons. The maximum atomic E-state index is 12.6. The normalized spacial score (nSPS) is 17.6. The first-order valence-electron chi connectivity index (χ1n) is 10.6. The third-order valence-electron chi connectivity index (χ3n) is 6.16. The molecule has 1 saturated carbocycles. The van der Waals surface area contributed by atoms with Gasteiger partial charge in [0.25, 0.3) is 5.91 Å². The van der Waals surface area contributed by atoms with Crippen molar-refractivity contribution in [3.8, 4) is 0 Å². The van der Waals surface area contributed by atoms with Crippen LogP contribution in [0.15, 0.2) is 48.5 Å². The number of hydrogen-bond acceptors (Lipinski definition) is 3. The smallest absolute Gasteiger partial charge is 0.255 e. The Hall–Kier alpha value is -2.66. The van der Waals surface area contributed by atoms with Crippen LogP contribution in [-0.2, 0) is 11.3 Å². The van der Waals surface area contributed by atoms with Crippen LogP contribution >= 0.6 is 0 Å². The van der Waals surface area contributed by atoms with Crippen LogP contribution in [0.4, 0.5) is 5.69 Å². The Bertz CT molecular complexity index is 866. The summed E-state index contributed by atoms with van der Waals surface area (Å²) in [5.41, 5.74) is 4.02. The second-order valence-electron chi connectivity index (χ2n) is 8.19. The molecule has 4 rings (SSSR count). The van der Waals surface area contributed by atoms with Gasteiger partial charge in [-0.2, -0.15) is 0 Å². The molecular weight excluding hydrogens is 362 g/mol.